The largest absolute Gasteiger partial charge is 0.490 e. The number of nitro groups is 1. The lowest BCUT2D eigenvalue weighted by Gasteiger charge is -2.15. The van der Waals surface area contributed by atoms with Crippen molar-refractivity contribution in [3.8, 4) is 11.5 Å². The van der Waals surface area contributed by atoms with Crippen molar-refractivity contribution in [1.29, 1.82) is 0 Å². The van der Waals surface area contributed by atoms with Crippen molar-refractivity contribution in [2.75, 3.05) is 20.3 Å². The molecule has 0 saturated carbocycles. The van der Waals surface area contributed by atoms with Gasteiger partial charge in [0, 0.05) is 12.1 Å². The molecule has 0 radical (unpaired) electrons. The molecule has 0 unspecified atom stereocenters. The van der Waals surface area contributed by atoms with Crippen LogP contribution in [-0.4, -0.2) is 47.2 Å². The number of carbonyl (C=O) groups is 3. The van der Waals surface area contributed by atoms with E-state index in [1.165, 1.54) is 19.2 Å². The van der Waals surface area contributed by atoms with Crippen LogP contribution in [0.5, 0.6) is 11.5 Å². The Balaban J connectivity index is 1.82. The number of hydrogen-bond donors (Lipinski definition) is 0. The standard InChI is InChI=1S/C22H19IN2O8S/c1-3-32-17-9-14(10-18-21(27)24(22(28)34-18)11-19(26)31-2)8-16(23)20(17)33-12-13-4-6-15(7-5-13)25(29)30/h4-10H,3,11-12H2,1-2H3/b18-10-. The summed E-state index contributed by atoms with van der Waals surface area (Å²) in [5.74, 6) is -0.341. The minimum atomic E-state index is -0.689. The van der Waals surface area contributed by atoms with E-state index in [1.54, 1.807) is 30.3 Å². The predicted molar refractivity (Wildman–Crippen MR) is 132 cm³/mol. The van der Waals surface area contributed by atoms with Crippen LogP contribution in [0.2, 0.25) is 0 Å². The van der Waals surface area contributed by atoms with Gasteiger partial charge in [0.2, 0.25) is 0 Å². The van der Waals surface area contributed by atoms with Gasteiger partial charge in [-0.2, -0.15) is 0 Å². The SMILES string of the molecule is CCOc1cc(/C=C2\SC(=O)N(CC(=O)OC)C2=O)cc(I)c1OCc1ccc([N+](=O)[O-])cc1. The average molecular weight is 598 g/mol. The van der Waals surface area contributed by atoms with E-state index in [4.69, 9.17) is 9.47 Å². The molecule has 0 aliphatic carbocycles. The Kier molecular flexibility index (Phi) is 8.50. The molecule has 34 heavy (non-hydrogen) atoms. The Morgan fingerprint density at radius 2 is 1.91 bits per heavy atom. The predicted octanol–water partition coefficient (Wildman–Crippen LogP) is 4.39. The van der Waals surface area contributed by atoms with E-state index in [9.17, 15) is 24.5 Å². The van der Waals surface area contributed by atoms with Gasteiger partial charge in [-0.05, 0) is 82.7 Å². The Morgan fingerprint density at radius 3 is 2.53 bits per heavy atom. The van der Waals surface area contributed by atoms with E-state index in [1.807, 2.05) is 6.92 Å². The maximum absolute atomic E-state index is 12.6. The van der Waals surface area contributed by atoms with Crippen molar-refractivity contribution >= 4 is 63.2 Å². The van der Waals surface area contributed by atoms with Gasteiger partial charge in [-0.3, -0.25) is 29.4 Å². The fraction of sp³-hybridized carbons (Fsp3) is 0.227. The normalized spacial score (nSPS) is 14.4. The lowest BCUT2D eigenvalue weighted by atomic mass is 10.1. The van der Waals surface area contributed by atoms with Gasteiger partial charge in [0.25, 0.3) is 16.8 Å². The third-order valence-corrected chi connectivity index (χ3v) is 6.26. The van der Waals surface area contributed by atoms with Crippen LogP contribution in [0.25, 0.3) is 6.08 Å². The minimum Gasteiger partial charge on any atom is -0.490 e. The third kappa shape index (κ3) is 6.05. The molecule has 178 valence electrons. The Morgan fingerprint density at radius 1 is 1.21 bits per heavy atom. The molecular weight excluding hydrogens is 579 g/mol. The summed E-state index contributed by atoms with van der Waals surface area (Å²) in [5, 5.41) is 10.3. The maximum atomic E-state index is 12.6. The fourth-order valence-electron chi connectivity index (χ4n) is 2.92. The van der Waals surface area contributed by atoms with E-state index < -0.39 is 28.6 Å². The summed E-state index contributed by atoms with van der Waals surface area (Å²) in [7, 11) is 1.18. The summed E-state index contributed by atoms with van der Waals surface area (Å²) < 4.78 is 16.9. The second-order valence-electron chi connectivity index (χ2n) is 6.82. The second-order valence-corrected chi connectivity index (χ2v) is 8.97. The first kappa shape index (κ1) is 25.5. The van der Waals surface area contributed by atoms with Crippen molar-refractivity contribution in [2.24, 2.45) is 0 Å². The van der Waals surface area contributed by atoms with Crippen molar-refractivity contribution in [1.82, 2.24) is 4.90 Å². The second kappa shape index (κ2) is 11.3. The van der Waals surface area contributed by atoms with Gasteiger partial charge in [-0.25, -0.2) is 0 Å². The highest BCUT2D eigenvalue weighted by molar-refractivity contribution is 14.1. The summed E-state index contributed by atoms with van der Waals surface area (Å²) in [6.07, 6.45) is 1.55. The number of benzene rings is 2. The lowest BCUT2D eigenvalue weighted by Crippen LogP contribution is -2.34. The number of halogens is 1. The molecule has 1 aliphatic rings. The molecule has 1 saturated heterocycles. The van der Waals surface area contributed by atoms with E-state index >= 15 is 0 Å². The zero-order valence-electron chi connectivity index (χ0n) is 18.1. The zero-order valence-corrected chi connectivity index (χ0v) is 21.1. The first-order valence-electron chi connectivity index (χ1n) is 9.88. The Bertz CT molecular complexity index is 1170. The van der Waals surface area contributed by atoms with Crippen LogP contribution in [0.3, 0.4) is 0 Å². The average Bonchev–Trinajstić information content (AvgIpc) is 3.06. The van der Waals surface area contributed by atoms with Gasteiger partial charge in [-0.1, -0.05) is 0 Å². The highest BCUT2D eigenvalue weighted by Crippen LogP contribution is 2.38. The summed E-state index contributed by atoms with van der Waals surface area (Å²) >= 11 is 2.81. The lowest BCUT2D eigenvalue weighted by molar-refractivity contribution is -0.384. The van der Waals surface area contributed by atoms with Gasteiger partial charge in [0.1, 0.15) is 13.2 Å². The van der Waals surface area contributed by atoms with Gasteiger partial charge in [-0.15, -0.1) is 0 Å². The molecule has 1 heterocycles. The number of thioether (sulfide) groups is 1. The molecule has 0 bridgehead atoms. The molecule has 2 aromatic carbocycles. The number of carbonyl (C=O) groups excluding carboxylic acids is 3. The number of non-ortho nitro benzene ring substituents is 1. The van der Waals surface area contributed by atoms with Gasteiger partial charge in [0.15, 0.2) is 11.5 Å². The minimum absolute atomic E-state index is 0.00584. The molecular formula is C22H19IN2O8S. The van der Waals surface area contributed by atoms with E-state index in [0.717, 1.165) is 22.2 Å². The van der Waals surface area contributed by atoms with E-state index in [-0.39, 0.29) is 17.2 Å². The molecule has 3 rings (SSSR count). The number of hydrogen-bond acceptors (Lipinski definition) is 9. The topological polar surface area (TPSA) is 125 Å². The summed E-state index contributed by atoms with van der Waals surface area (Å²) in [5.41, 5.74) is 1.35. The van der Waals surface area contributed by atoms with Gasteiger partial charge in [0.05, 0.1) is 27.1 Å². The monoisotopic (exact) mass is 598 g/mol. The van der Waals surface area contributed by atoms with Gasteiger partial charge < -0.3 is 14.2 Å². The molecule has 10 nitrogen and oxygen atoms in total. The zero-order chi connectivity index (χ0) is 24.8. The fourth-order valence-corrected chi connectivity index (χ4v) is 4.54. The molecule has 2 amide bonds. The molecule has 0 aromatic heterocycles. The molecule has 12 heteroatoms. The van der Waals surface area contributed by atoms with Crippen molar-refractivity contribution in [3.63, 3.8) is 0 Å². The van der Waals surface area contributed by atoms with Crippen molar-refractivity contribution in [3.05, 3.63) is 66.1 Å². The molecule has 2 aromatic rings. The number of methoxy groups -OCH3 is 1. The summed E-state index contributed by atoms with van der Waals surface area (Å²) in [6, 6.07) is 9.49. The van der Waals surface area contributed by atoms with Gasteiger partial charge >= 0.3 is 5.97 Å². The quantitative estimate of drug-likeness (QED) is 0.136. The van der Waals surface area contributed by atoms with Crippen LogP contribution in [0.4, 0.5) is 10.5 Å². The van der Waals surface area contributed by atoms with Crippen LogP contribution < -0.4 is 9.47 Å². The van der Waals surface area contributed by atoms with Crippen LogP contribution in [0.15, 0.2) is 41.3 Å². The first-order chi connectivity index (χ1) is 16.2. The van der Waals surface area contributed by atoms with Crippen LogP contribution in [-0.2, 0) is 20.9 Å². The van der Waals surface area contributed by atoms with Crippen LogP contribution in [0.1, 0.15) is 18.1 Å². The van der Waals surface area contributed by atoms with E-state index in [2.05, 4.69) is 27.3 Å². The first-order valence-corrected chi connectivity index (χ1v) is 11.8. The van der Waals surface area contributed by atoms with Crippen LogP contribution >= 0.6 is 34.4 Å². The van der Waals surface area contributed by atoms with Crippen LogP contribution in [0, 0.1) is 13.7 Å². The molecule has 1 aliphatic heterocycles. The number of ether oxygens (including phenoxy) is 3. The Labute approximate surface area is 212 Å². The van der Waals surface area contributed by atoms with Crippen molar-refractivity contribution < 1.29 is 33.5 Å². The summed E-state index contributed by atoms with van der Waals surface area (Å²) in [6.45, 7) is 1.90. The third-order valence-electron chi connectivity index (χ3n) is 4.55. The number of rotatable bonds is 9. The number of nitro benzene ring substituents is 1. The van der Waals surface area contributed by atoms with E-state index in [0.29, 0.717) is 27.2 Å². The molecule has 1 fully saturated rings. The highest BCUT2D eigenvalue weighted by Gasteiger charge is 2.36. The molecule has 0 atom stereocenters. The molecule has 0 spiro atoms. The summed E-state index contributed by atoms with van der Waals surface area (Å²) in [4.78, 5) is 47.5. The number of nitrogens with zero attached hydrogens (tertiary/aromatic N) is 2. The molecule has 0 N–H and O–H groups in total. The highest BCUT2D eigenvalue weighted by atomic mass is 127. The number of amides is 2. The number of esters is 1. The smallest absolute Gasteiger partial charge is 0.325 e. The number of imide groups is 1. The van der Waals surface area contributed by atoms with Crippen molar-refractivity contribution in [2.45, 2.75) is 13.5 Å². The maximum Gasteiger partial charge on any atom is 0.325 e. The Hall–Kier alpha value is -3.13.